The number of benzene rings is 3. The van der Waals surface area contributed by atoms with Crippen LogP contribution in [0.1, 0.15) is 32.6 Å². The Morgan fingerprint density at radius 3 is 2.30 bits per heavy atom. The zero-order valence-electron chi connectivity index (χ0n) is 16.5. The van der Waals surface area contributed by atoms with E-state index in [1.54, 1.807) is 67.6 Å². The van der Waals surface area contributed by atoms with Crippen LogP contribution in [0.2, 0.25) is 0 Å². The highest BCUT2D eigenvalue weighted by Gasteiger charge is 2.35. The Morgan fingerprint density at radius 1 is 0.867 bits per heavy atom. The third kappa shape index (κ3) is 3.28. The van der Waals surface area contributed by atoms with Gasteiger partial charge in [0, 0.05) is 22.8 Å². The van der Waals surface area contributed by atoms with Gasteiger partial charge in [-0.2, -0.15) is 0 Å². The molecule has 3 aromatic carbocycles. The maximum atomic E-state index is 13.4. The number of nitro benzene ring substituents is 1. The summed E-state index contributed by atoms with van der Waals surface area (Å²) in [6, 6.07) is 18.9. The van der Waals surface area contributed by atoms with Gasteiger partial charge in [-0.05, 0) is 54.8 Å². The van der Waals surface area contributed by atoms with E-state index in [0.717, 1.165) is 10.5 Å². The topological polar surface area (TPSA) is 80.5 Å². The Balaban J connectivity index is 1.90. The SMILES string of the molecule is Cc1cccc(N2C(=O)/C(=C\c3ccc(C)c([N+](=O)[O-])c3)c3ccccc3C2=O)c1. The summed E-state index contributed by atoms with van der Waals surface area (Å²) in [4.78, 5) is 38.5. The lowest BCUT2D eigenvalue weighted by molar-refractivity contribution is -0.385. The van der Waals surface area contributed by atoms with Gasteiger partial charge in [-0.3, -0.25) is 19.7 Å². The van der Waals surface area contributed by atoms with Crippen molar-refractivity contribution in [1.29, 1.82) is 0 Å². The van der Waals surface area contributed by atoms with E-state index in [4.69, 9.17) is 0 Å². The van der Waals surface area contributed by atoms with Gasteiger partial charge in [0.2, 0.25) is 0 Å². The number of aryl methyl sites for hydroxylation is 2. The van der Waals surface area contributed by atoms with Crippen LogP contribution in [-0.2, 0) is 4.79 Å². The standard InChI is InChI=1S/C24H18N2O4/c1-15-6-5-7-18(12-15)25-23(27)20-9-4-3-8-19(20)21(24(25)28)13-17-11-10-16(2)22(14-17)26(29)30/h3-14H,1-2H3/b21-13-. The molecule has 0 N–H and O–H groups in total. The van der Waals surface area contributed by atoms with Crippen LogP contribution in [0.4, 0.5) is 11.4 Å². The smallest absolute Gasteiger partial charge is 0.268 e. The van der Waals surface area contributed by atoms with Crippen LogP contribution in [0.15, 0.2) is 66.7 Å². The van der Waals surface area contributed by atoms with E-state index in [1.807, 2.05) is 13.0 Å². The lowest BCUT2D eigenvalue weighted by atomic mass is 9.91. The Bertz CT molecular complexity index is 1240. The van der Waals surface area contributed by atoms with Crippen molar-refractivity contribution in [3.8, 4) is 0 Å². The summed E-state index contributed by atoms with van der Waals surface area (Å²) < 4.78 is 0. The molecule has 2 amide bonds. The largest absolute Gasteiger partial charge is 0.272 e. The monoisotopic (exact) mass is 398 g/mol. The first-order chi connectivity index (χ1) is 14.4. The Labute approximate surface area is 173 Å². The van der Waals surface area contributed by atoms with E-state index < -0.39 is 16.7 Å². The molecule has 6 nitrogen and oxygen atoms in total. The Kier molecular flexibility index (Phi) is 4.75. The summed E-state index contributed by atoms with van der Waals surface area (Å²) in [5, 5.41) is 11.3. The van der Waals surface area contributed by atoms with Crippen LogP contribution in [0.25, 0.3) is 11.6 Å². The van der Waals surface area contributed by atoms with E-state index >= 15 is 0 Å². The normalized spacial score (nSPS) is 14.7. The molecule has 1 heterocycles. The Hall–Kier alpha value is -4.06. The molecule has 148 valence electrons. The molecule has 0 atom stereocenters. The predicted molar refractivity (Wildman–Crippen MR) is 115 cm³/mol. The van der Waals surface area contributed by atoms with Crippen LogP contribution in [0.5, 0.6) is 0 Å². The van der Waals surface area contributed by atoms with Crippen molar-refractivity contribution in [3.63, 3.8) is 0 Å². The van der Waals surface area contributed by atoms with Gasteiger partial charge < -0.3 is 0 Å². The quantitative estimate of drug-likeness (QED) is 0.271. The predicted octanol–water partition coefficient (Wildman–Crippen LogP) is 4.94. The second-order valence-electron chi connectivity index (χ2n) is 7.19. The van der Waals surface area contributed by atoms with Crippen molar-refractivity contribution in [2.45, 2.75) is 13.8 Å². The van der Waals surface area contributed by atoms with E-state index in [0.29, 0.717) is 33.5 Å². The fourth-order valence-electron chi connectivity index (χ4n) is 3.57. The van der Waals surface area contributed by atoms with Crippen molar-refractivity contribution in [3.05, 3.63) is 105 Å². The van der Waals surface area contributed by atoms with E-state index in [2.05, 4.69) is 0 Å². The fraction of sp³-hybridized carbons (Fsp3) is 0.0833. The van der Waals surface area contributed by atoms with Crippen LogP contribution in [0.3, 0.4) is 0 Å². The molecule has 6 heteroatoms. The molecule has 30 heavy (non-hydrogen) atoms. The van der Waals surface area contributed by atoms with Gasteiger partial charge in [0.05, 0.1) is 10.6 Å². The minimum absolute atomic E-state index is 0.0208. The van der Waals surface area contributed by atoms with Crippen LogP contribution >= 0.6 is 0 Å². The van der Waals surface area contributed by atoms with E-state index in [9.17, 15) is 19.7 Å². The summed E-state index contributed by atoms with van der Waals surface area (Å²) in [5.41, 5.74) is 3.67. The summed E-state index contributed by atoms with van der Waals surface area (Å²) in [6.45, 7) is 3.55. The highest BCUT2D eigenvalue weighted by Crippen LogP contribution is 2.34. The molecule has 0 spiro atoms. The molecule has 1 aliphatic heterocycles. The highest BCUT2D eigenvalue weighted by molar-refractivity contribution is 6.43. The van der Waals surface area contributed by atoms with Crippen LogP contribution in [-0.4, -0.2) is 16.7 Å². The number of fused-ring (bicyclic) bond motifs is 1. The third-order valence-electron chi connectivity index (χ3n) is 5.08. The zero-order valence-corrected chi connectivity index (χ0v) is 16.5. The maximum Gasteiger partial charge on any atom is 0.272 e. The number of nitrogens with zero attached hydrogens (tertiary/aromatic N) is 2. The maximum absolute atomic E-state index is 13.4. The second kappa shape index (κ2) is 7.40. The molecule has 0 aliphatic carbocycles. The third-order valence-corrected chi connectivity index (χ3v) is 5.08. The number of carbonyl (C=O) groups is 2. The van der Waals surface area contributed by atoms with Crippen molar-refractivity contribution in [2.75, 3.05) is 4.90 Å². The average Bonchev–Trinajstić information content (AvgIpc) is 2.72. The molecule has 0 saturated carbocycles. The summed E-state index contributed by atoms with van der Waals surface area (Å²) in [7, 11) is 0. The molecule has 0 saturated heterocycles. The van der Waals surface area contributed by atoms with Crippen molar-refractivity contribution in [2.24, 2.45) is 0 Å². The molecule has 3 aromatic rings. The fourth-order valence-corrected chi connectivity index (χ4v) is 3.57. The first kappa shape index (κ1) is 19.3. The van der Waals surface area contributed by atoms with Gasteiger partial charge in [-0.1, -0.05) is 42.5 Å². The number of hydrogen-bond donors (Lipinski definition) is 0. The molecule has 0 bridgehead atoms. The molecular weight excluding hydrogens is 380 g/mol. The number of nitro groups is 1. The van der Waals surface area contributed by atoms with E-state index in [-0.39, 0.29) is 5.69 Å². The number of imide groups is 1. The van der Waals surface area contributed by atoms with Gasteiger partial charge in [0.25, 0.3) is 17.5 Å². The van der Waals surface area contributed by atoms with Crippen molar-refractivity contribution >= 4 is 34.8 Å². The van der Waals surface area contributed by atoms with Crippen molar-refractivity contribution in [1.82, 2.24) is 0 Å². The van der Waals surface area contributed by atoms with Gasteiger partial charge in [0.15, 0.2) is 0 Å². The Morgan fingerprint density at radius 2 is 1.60 bits per heavy atom. The minimum atomic E-state index is -0.465. The van der Waals surface area contributed by atoms with Gasteiger partial charge in [-0.25, -0.2) is 4.90 Å². The first-order valence-electron chi connectivity index (χ1n) is 9.38. The molecule has 0 unspecified atom stereocenters. The number of amides is 2. The molecule has 0 fully saturated rings. The van der Waals surface area contributed by atoms with E-state index in [1.165, 1.54) is 6.07 Å². The lowest BCUT2D eigenvalue weighted by Crippen LogP contribution is -2.41. The lowest BCUT2D eigenvalue weighted by Gasteiger charge is -2.29. The number of carbonyl (C=O) groups excluding carboxylic acids is 2. The van der Waals surface area contributed by atoms with Crippen LogP contribution in [0, 0.1) is 24.0 Å². The molecule has 0 aromatic heterocycles. The molecule has 0 radical (unpaired) electrons. The van der Waals surface area contributed by atoms with Gasteiger partial charge in [-0.15, -0.1) is 0 Å². The minimum Gasteiger partial charge on any atom is -0.268 e. The summed E-state index contributed by atoms with van der Waals surface area (Å²) >= 11 is 0. The van der Waals surface area contributed by atoms with Crippen LogP contribution < -0.4 is 4.90 Å². The van der Waals surface area contributed by atoms with Crippen molar-refractivity contribution < 1.29 is 14.5 Å². The highest BCUT2D eigenvalue weighted by atomic mass is 16.6. The second-order valence-corrected chi connectivity index (χ2v) is 7.19. The molecule has 4 rings (SSSR count). The average molecular weight is 398 g/mol. The first-order valence-corrected chi connectivity index (χ1v) is 9.38. The van der Waals surface area contributed by atoms with Gasteiger partial charge >= 0.3 is 0 Å². The number of hydrogen-bond acceptors (Lipinski definition) is 4. The summed E-state index contributed by atoms with van der Waals surface area (Å²) in [5.74, 6) is -0.860. The summed E-state index contributed by atoms with van der Waals surface area (Å²) in [6.07, 6.45) is 1.60. The number of rotatable bonds is 3. The number of anilines is 1. The molecule has 1 aliphatic rings. The zero-order chi connectivity index (χ0) is 21.4. The van der Waals surface area contributed by atoms with Gasteiger partial charge in [0.1, 0.15) is 0 Å². The molecular formula is C24H18N2O4.